The molecule has 1 aliphatic heterocycles. The minimum absolute atomic E-state index is 0.00197. The number of carbonyl (C=O) groups is 2. The summed E-state index contributed by atoms with van der Waals surface area (Å²) >= 11 is 1.13. The third-order valence-corrected chi connectivity index (χ3v) is 4.76. The molecule has 0 spiro atoms. The van der Waals surface area contributed by atoms with Crippen LogP contribution >= 0.6 is 11.8 Å². The Labute approximate surface area is 164 Å². The Bertz CT molecular complexity index is 992. The minimum Gasteiger partial charge on any atom is -0.485 e. The van der Waals surface area contributed by atoms with Crippen LogP contribution in [0.2, 0.25) is 0 Å². The molecule has 0 unspecified atom stereocenters. The topological polar surface area (TPSA) is 106 Å². The summed E-state index contributed by atoms with van der Waals surface area (Å²) in [7, 11) is 0. The van der Waals surface area contributed by atoms with E-state index in [0.29, 0.717) is 22.5 Å². The number of aromatic amines is 1. The van der Waals surface area contributed by atoms with E-state index in [1.54, 1.807) is 18.2 Å². The molecule has 28 heavy (non-hydrogen) atoms. The first-order valence-electron chi connectivity index (χ1n) is 8.52. The van der Waals surface area contributed by atoms with Gasteiger partial charge in [-0.3, -0.25) is 20.0 Å². The van der Waals surface area contributed by atoms with Crippen molar-refractivity contribution in [3.8, 4) is 22.9 Å². The number of benzene rings is 2. The maximum atomic E-state index is 12.2. The van der Waals surface area contributed by atoms with Crippen LogP contribution in [0.25, 0.3) is 11.4 Å². The van der Waals surface area contributed by atoms with E-state index < -0.39 is 17.9 Å². The fourth-order valence-electron chi connectivity index (χ4n) is 2.57. The fraction of sp³-hybridized carbons (Fsp3) is 0.158. The van der Waals surface area contributed by atoms with Gasteiger partial charge in [-0.05, 0) is 12.1 Å². The van der Waals surface area contributed by atoms with Crippen molar-refractivity contribution in [3.05, 3.63) is 54.6 Å². The summed E-state index contributed by atoms with van der Waals surface area (Å²) in [4.78, 5) is 28.6. The van der Waals surface area contributed by atoms with Crippen molar-refractivity contribution in [2.45, 2.75) is 11.3 Å². The van der Waals surface area contributed by atoms with E-state index in [1.165, 1.54) is 0 Å². The molecule has 0 fully saturated rings. The van der Waals surface area contributed by atoms with Crippen LogP contribution in [0.4, 0.5) is 0 Å². The number of carbonyl (C=O) groups excluding carboxylic acids is 2. The molecule has 1 atom stereocenters. The standard InChI is InChI=1S/C19H16N4O4S/c24-16(11-28-19-21-17(22-23-19)12-6-2-1-3-7-12)20-18(25)15-10-26-13-8-4-5-9-14(13)27-15/h1-9,15H,10-11H2,(H,20,24,25)(H,21,22,23)/t15-/m1/s1. The number of hydrogen-bond acceptors (Lipinski definition) is 7. The largest absolute Gasteiger partial charge is 0.485 e. The summed E-state index contributed by atoms with van der Waals surface area (Å²) in [5.41, 5.74) is 0.899. The fourth-order valence-corrected chi connectivity index (χ4v) is 3.17. The third kappa shape index (κ3) is 4.15. The van der Waals surface area contributed by atoms with Gasteiger partial charge in [-0.1, -0.05) is 54.2 Å². The predicted molar refractivity (Wildman–Crippen MR) is 102 cm³/mol. The van der Waals surface area contributed by atoms with Crippen LogP contribution in [0.5, 0.6) is 11.5 Å². The molecule has 0 aliphatic carbocycles. The summed E-state index contributed by atoms with van der Waals surface area (Å²) in [6.45, 7) is 0.0463. The van der Waals surface area contributed by atoms with Gasteiger partial charge in [-0.2, -0.15) is 0 Å². The highest BCUT2D eigenvalue weighted by Crippen LogP contribution is 2.30. The summed E-state index contributed by atoms with van der Waals surface area (Å²) in [6, 6.07) is 16.6. The molecule has 1 aliphatic rings. The zero-order valence-electron chi connectivity index (χ0n) is 14.6. The second-order valence-corrected chi connectivity index (χ2v) is 6.84. The summed E-state index contributed by atoms with van der Waals surface area (Å²) in [5, 5.41) is 9.65. The Balaban J connectivity index is 1.28. The van der Waals surface area contributed by atoms with Gasteiger partial charge in [0.1, 0.15) is 6.61 Å². The van der Waals surface area contributed by atoms with Crippen LogP contribution in [0.15, 0.2) is 59.8 Å². The normalized spacial score (nSPS) is 15.1. The van der Waals surface area contributed by atoms with Crippen molar-refractivity contribution >= 4 is 23.6 Å². The first-order chi connectivity index (χ1) is 13.7. The number of H-pyrrole nitrogens is 1. The monoisotopic (exact) mass is 396 g/mol. The second kappa shape index (κ2) is 8.13. The number of nitrogens with zero attached hydrogens (tertiary/aromatic N) is 2. The Morgan fingerprint density at radius 1 is 1.11 bits per heavy atom. The minimum atomic E-state index is -0.878. The summed E-state index contributed by atoms with van der Waals surface area (Å²) in [6.07, 6.45) is -0.878. The van der Waals surface area contributed by atoms with Gasteiger partial charge in [0.2, 0.25) is 17.2 Å². The molecule has 9 heteroatoms. The highest BCUT2D eigenvalue weighted by Gasteiger charge is 2.28. The third-order valence-electron chi connectivity index (χ3n) is 3.91. The number of aromatic nitrogens is 3. The van der Waals surface area contributed by atoms with Crippen LogP contribution in [0.1, 0.15) is 0 Å². The molecular weight excluding hydrogens is 380 g/mol. The molecule has 2 N–H and O–H groups in total. The average molecular weight is 396 g/mol. The number of fused-ring (bicyclic) bond motifs is 1. The van der Waals surface area contributed by atoms with Crippen LogP contribution in [0.3, 0.4) is 0 Å². The highest BCUT2D eigenvalue weighted by molar-refractivity contribution is 7.99. The Kier molecular flexibility index (Phi) is 5.24. The van der Waals surface area contributed by atoms with Gasteiger partial charge >= 0.3 is 0 Å². The molecule has 142 valence electrons. The van der Waals surface area contributed by atoms with Gasteiger partial charge in [-0.15, -0.1) is 5.10 Å². The quantitative estimate of drug-likeness (QED) is 0.636. The highest BCUT2D eigenvalue weighted by atomic mass is 32.2. The zero-order chi connectivity index (χ0) is 19.3. The van der Waals surface area contributed by atoms with Crippen LogP contribution in [-0.2, 0) is 9.59 Å². The van der Waals surface area contributed by atoms with Crippen molar-refractivity contribution < 1.29 is 19.1 Å². The lowest BCUT2D eigenvalue weighted by Crippen LogP contribution is -2.46. The number of thioether (sulfide) groups is 1. The van der Waals surface area contributed by atoms with Crippen molar-refractivity contribution in [2.24, 2.45) is 0 Å². The van der Waals surface area contributed by atoms with Crippen LogP contribution < -0.4 is 14.8 Å². The van der Waals surface area contributed by atoms with Crippen molar-refractivity contribution in [1.82, 2.24) is 20.5 Å². The van der Waals surface area contributed by atoms with E-state index in [-0.39, 0.29) is 12.4 Å². The number of hydrogen-bond donors (Lipinski definition) is 2. The lowest BCUT2D eigenvalue weighted by atomic mass is 10.2. The number of nitrogens with one attached hydrogen (secondary N) is 2. The molecule has 0 bridgehead atoms. The average Bonchev–Trinajstić information content (AvgIpc) is 3.22. The summed E-state index contributed by atoms with van der Waals surface area (Å²) < 4.78 is 11.1. The predicted octanol–water partition coefficient (Wildman–Crippen LogP) is 2.05. The summed E-state index contributed by atoms with van der Waals surface area (Å²) in [5.74, 6) is 0.675. The molecule has 8 nitrogen and oxygen atoms in total. The molecule has 0 radical (unpaired) electrons. The SMILES string of the molecule is O=C(CSc1n[nH]c(-c2ccccc2)n1)NC(=O)[C@H]1COc2ccccc2O1. The number of rotatable bonds is 5. The molecule has 0 saturated heterocycles. The molecule has 4 rings (SSSR count). The van der Waals surface area contributed by atoms with Crippen molar-refractivity contribution in [2.75, 3.05) is 12.4 Å². The van der Waals surface area contributed by atoms with Gasteiger partial charge in [0.05, 0.1) is 5.75 Å². The van der Waals surface area contributed by atoms with E-state index in [9.17, 15) is 9.59 Å². The smallest absolute Gasteiger partial charge is 0.271 e. The number of ether oxygens (including phenoxy) is 2. The number of para-hydroxylation sites is 2. The van der Waals surface area contributed by atoms with E-state index in [2.05, 4.69) is 20.5 Å². The van der Waals surface area contributed by atoms with Crippen LogP contribution in [-0.4, -0.2) is 45.5 Å². The number of imide groups is 1. The van der Waals surface area contributed by atoms with Gasteiger partial charge in [0.15, 0.2) is 17.3 Å². The van der Waals surface area contributed by atoms with Crippen LogP contribution in [0, 0.1) is 0 Å². The zero-order valence-corrected chi connectivity index (χ0v) is 15.4. The molecular formula is C19H16N4O4S. The van der Waals surface area contributed by atoms with Crippen molar-refractivity contribution in [3.63, 3.8) is 0 Å². The van der Waals surface area contributed by atoms with Gasteiger partial charge in [0.25, 0.3) is 5.91 Å². The first-order valence-corrected chi connectivity index (χ1v) is 9.50. The maximum Gasteiger partial charge on any atom is 0.271 e. The first kappa shape index (κ1) is 18.1. The van der Waals surface area contributed by atoms with E-state index in [1.807, 2.05) is 36.4 Å². The lowest BCUT2D eigenvalue weighted by Gasteiger charge is -2.25. The molecule has 1 aromatic heterocycles. The lowest BCUT2D eigenvalue weighted by molar-refractivity contribution is -0.135. The van der Waals surface area contributed by atoms with Crippen molar-refractivity contribution in [1.29, 1.82) is 0 Å². The Hall–Kier alpha value is -3.33. The van der Waals surface area contributed by atoms with E-state index in [0.717, 1.165) is 17.3 Å². The van der Waals surface area contributed by atoms with Gasteiger partial charge in [-0.25, -0.2) is 4.98 Å². The van der Waals surface area contributed by atoms with Gasteiger partial charge < -0.3 is 9.47 Å². The van der Waals surface area contributed by atoms with Gasteiger partial charge in [0, 0.05) is 5.56 Å². The Morgan fingerprint density at radius 2 is 1.86 bits per heavy atom. The van der Waals surface area contributed by atoms with E-state index in [4.69, 9.17) is 9.47 Å². The molecule has 2 aromatic carbocycles. The molecule has 3 aromatic rings. The number of amides is 2. The van der Waals surface area contributed by atoms with E-state index >= 15 is 0 Å². The molecule has 0 saturated carbocycles. The maximum absolute atomic E-state index is 12.2. The molecule has 2 heterocycles. The second-order valence-electron chi connectivity index (χ2n) is 5.90. The molecule has 2 amide bonds. The Morgan fingerprint density at radius 3 is 2.68 bits per heavy atom.